The van der Waals surface area contributed by atoms with Crippen molar-refractivity contribution in [3.63, 3.8) is 0 Å². The van der Waals surface area contributed by atoms with E-state index in [2.05, 4.69) is 161 Å². The number of benzene rings is 8. The highest BCUT2D eigenvalue weighted by Gasteiger charge is 2.21. The van der Waals surface area contributed by atoms with Gasteiger partial charge in [-0.05, 0) is 81.7 Å². The number of hydrogen-bond acceptors (Lipinski definition) is 1. The average molecular weight is 610 g/mol. The first-order valence-electron chi connectivity index (χ1n) is 16.3. The molecule has 3 nitrogen and oxygen atoms in total. The zero-order chi connectivity index (χ0) is 31.8. The molecule has 0 aliphatic heterocycles. The average Bonchev–Trinajstić information content (AvgIpc) is 3.68. The van der Waals surface area contributed by atoms with Crippen molar-refractivity contribution in [1.29, 1.82) is 5.26 Å². The fraction of sp³-hybridized carbons (Fsp3) is 0. The number of aromatic nitrogens is 2. The molecule has 0 radical (unpaired) electrons. The Kier molecular flexibility index (Phi) is 5.64. The summed E-state index contributed by atoms with van der Waals surface area (Å²) in [5, 5.41) is 19.1. The molecule has 0 N–H and O–H groups in total. The molecule has 0 amide bonds. The van der Waals surface area contributed by atoms with Gasteiger partial charge in [0.2, 0.25) is 0 Å². The molecule has 10 aromatic rings. The van der Waals surface area contributed by atoms with E-state index in [0.717, 1.165) is 32.9 Å². The third-order valence-corrected chi connectivity index (χ3v) is 9.91. The van der Waals surface area contributed by atoms with Crippen molar-refractivity contribution in [3.05, 3.63) is 169 Å². The van der Waals surface area contributed by atoms with Crippen molar-refractivity contribution in [2.24, 2.45) is 0 Å². The Bertz CT molecular complexity index is 2950. The normalized spacial score (nSPS) is 11.7. The minimum atomic E-state index is 0.675. The molecule has 8 aromatic carbocycles. The van der Waals surface area contributed by atoms with Crippen molar-refractivity contribution >= 4 is 65.2 Å². The minimum absolute atomic E-state index is 0.675. The highest BCUT2D eigenvalue weighted by atomic mass is 15.0. The highest BCUT2D eigenvalue weighted by molar-refractivity contribution is 6.21. The lowest BCUT2D eigenvalue weighted by molar-refractivity contribution is 1.18. The lowest BCUT2D eigenvalue weighted by Gasteiger charge is -2.14. The zero-order valence-electron chi connectivity index (χ0n) is 25.9. The number of nitriles is 1. The standard InChI is InChI=1S/C45H27N3/c46-28-29-20-21-30-22-23-31-27-33(24-25-34(31)40(30)26-29)48-41-17-6-4-12-35(41)37-15-8-16-38(45(37)48)36-14-9-19-43-44(36)39-13-5-7-18-42(39)47(43)32-10-2-1-3-11-32/h1-27H. The Morgan fingerprint density at radius 3 is 1.92 bits per heavy atom. The minimum Gasteiger partial charge on any atom is -0.309 e. The third kappa shape index (κ3) is 3.75. The van der Waals surface area contributed by atoms with Crippen LogP contribution in [0.25, 0.3) is 87.7 Å². The summed E-state index contributed by atoms with van der Waals surface area (Å²) in [6.45, 7) is 0. The molecule has 2 heterocycles. The summed E-state index contributed by atoms with van der Waals surface area (Å²) < 4.78 is 4.82. The Hall–Kier alpha value is -6.63. The molecule has 10 rings (SSSR count). The van der Waals surface area contributed by atoms with Gasteiger partial charge in [-0.25, -0.2) is 0 Å². The van der Waals surface area contributed by atoms with Gasteiger partial charge < -0.3 is 9.13 Å². The topological polar surface area (TPSA) is 33.6 Å². The summed E-state index contributed by atoms with van der Waals surface area (Å²) in [4.78, 5) is 0. The van der Waals surface area contributed by atoms with E-state index in [0.29, 0.717) is 5.56 Å². The van der Waals surface area contributed by atoms with Crippen LogP contribution in [0.5, 0.6) is 0 Å². The van der Waals surface area contributed by atoms with E-state index in [9.17, 15) is 5.26 Å². The van der Waals surface area contributed by atoms with Gasteiger partial charge in [0.15, 0.2) is 0 Å². The van der Waals surface area contributed by atoms with Crippen molar-refractivity contribution in [2.75, 3.05) is 0 Å². The highest BCUT2D eigenvalue weighted by Crippen LogP contribution is 2.43. The third-order valence-electron chi connectivity index (χ3n) is 9.91. The van der Waals surface area contributed by atoms with Gasteiger partial charge in [-0.15, -0.1) is 0 Å². The van der Waals surface area contributed by atoms with E-state index in [1.54, 1.807) is 0 Å². The maximum absolute atomic E-state index is 9.59. The van der Waals surface area contributed by atoms with Crippen LogP contribution in [0.2, 0.25) is 0 Å². The second kappa shape index (κ2) is 10.2. The van der Waals surface area contributed by atoms with Crippen LogP contribution < -0.4 is 0 Å². The van der Waals surface area contributed by atoms with Gasteiger partial charge in [0, 0.05) is 38.5 Å². The van der Waals surface area contributed by atoms with Gasteiger partial charge in [-0.2, -0.15) is 5.26 Å². The fourth-order valence-electron chi connectivity index (χ4n) is 7.86. The van der Waals surface area contributed by atoms with Crippen LogP contribution in [-0.2, 0) is 0 Å². The van der Waals surface area contributed by atoms with Crippen LogP contribution in [0.4, 0.5) is 0 Å². The lowest BCUT2D eigenvalue weighted by Crippen LogP contribution is -1.96. The largest absolute Gasteiger partial charge is 0.309 e. The van der Waals surface area contributed by atoms with Gasteiger partial charge in [0.25, 0.3) is 0 Å². The molecular formula is C45H27N3. The fourth-order valence-corrected chi connectivity index (χ4v) is 7.86. The molecule has 222 valence electrons. The van der Waals surface area contributed by atoms with E-state index in [4.69, 9.17) is 0 Å². The molecule has 0 spiro atoms. The van der Waals surface area contributed by atoms with Crippen LogP contribution >= 0.6 is 0 Å². The smallest absolute Gasteiger partial charge is 0.0991 e. The van der Waals surface area contributed by atoms with Crippen molar-refractivity contribution in [2.45, 2.75) is 0 Å². The van der Waals surface area contributed by atoms with Crippen molar-refractivity contribution < 1.29 is 0 Å². The van der Waals surface area contributed by atoms with Crippen LogP contribution in [0.1, 0.15) is 5.56 Å². The molecule has 0 aliphatic rings. The second-order valence-electron chi connectivity index (χ2n) is 12.5. The Morgan fingerprint density at radius 1 is 0.396 bits per heavy atom. The van der Waals surface area contributed by atoms with E-state index in [-0.39, 0.29) is 0 Å². The molecule has 0 saturated heterocycles. The number of rotatable bonds is 3. The SMILES string of the molecule is N#Cc1ccc2ccc3cc(-n4c5ccccc5c5cccc(-c6cccc7c6c6ccccc6n7-c6ccccc6)c54)ccc3c2c1. The molecule has 3 heteroatoms. The van der Waals surface area contributed by atoms with Crippen LogP contribution in [0.3, 0.4) is 0 Å². The summed E-state index contributed by atoms with van der Waals surface area (Å²) in [7, 11) is 0. The molecule has 48 heavy (non-hydrogen) atoms. The first kappa shape index (κ1) is 26.6. The van der Waals surface area contributed by atoms with Crippen LogP contribution in [0.15, 0.2) is 164 Å². The number of para-hydroxylation sites is 4. The molecular weight excluding hydrogens is 583 g/mol. The van der Waals surface area contributed by atoms with E-state index in [1.807, 2.05) is 18.2 Å². The molecule has 0 atom stereocenters. The molecule has 2 aromatic heterocycles. The molecule has 0 unspecified atom stereocenters. The van der Waals surface area contributed by atoms with Crippen molar-refractivity contribution in [3.8, 4) is 28.6 Å². The first-order valence-corrected chi connectivity index (χ1v) is 16.3. The number of nitrogens with zero attached hydrogens (tertiary/aromatic N) is 3. The predicted molar refractivity (Wildman–Crippen MR) is 200 cm³/mol. The summed E-state index contributed by atoms with van der Waals surface area (Å²) in [6, 6.07) is 60.9. The molecule has 0 fully saturated rings. The van der Waals surface area contributed by atoms with Gasteiger partial charge in [0.1, 0.15) is 0 Å². The van der Waals surface area contributed by atoms with Gasteiger partial charge in [-0.1, -0.05) is 109 Å². The summed E-state index contributed by atoms with van der Waals surface area (Å²) in [5.41, 5.74) is 10.1. The van der Waals surface area contributed by atoms with Gasteiger partial charge in [-0.3, -0.25) is 0 Å². The zero-order valence-corrected chi connectivity index (χ0v) is 25.9. The summed E-state index contributed by atoms with van der Waals surface area (Å²) >= 11 is 0. The molecule has 0 saturated carbocycles. The monoisotopic (exact) mass is 609 g/mol. The maximum atomic E-state index is 9.59. The Balaban J connectivity index is 1.30. The quantitative estimate of drug-likeness (QED) is 0.183. The van der Waals surface area contributed by atoms with Crippen LogP contribution in [-0.4, -0.2) is 9.13 Å². The predicted octanol–water partition coefficient (Wildman–Crippen LogP) is 11.7. The second-order valence-corrected chi connectivity index (χ2v) is 12.5. The van der Waals surface area contributed by atoms with Gasteiger partial charge in [0.05, 0.1) is 33.7 Å². The number of fused-ring (bicyclic) bond motifs is 9. The lowest BCUT2D eigenvalue weighted by atomic mass is 9.97. The van der Waals surface area contributed by atoms with Gasteiger partial charge >= 0.3 is 0 Å². The van der Waals surface area contributed by atoms with Crippen LogP contribution in [0, 0.1) is 11.3 Å². The number of hydrogen-bond donors (Lipinski definition) is 0. The summed E-state index contributed by atoms with van der Waals surface area (Å²) in [5.74, 6) is 0. The Labute approximate surface area is 276 Å². The summed E-state index contributed by atoms with van der Waals surface area (Å²) in [6.07, 6.45) is 0. The maximum Gasteiger partial charge on any atom is 0.0991 e. The molecule has 0 bridgehead atoms. The van der Waals surface area contributed by atoms with E-state index in [1.165, 1.54) is 54.7 Å². The molecule has 0 aliphatic carbocycles. The Morgan fingerprint density at radius 2 is 1.06 bits per heavy atom. The van der Waals surface area contributed by atoms with Crippen molar-refractivity contribution in [1.82, 2.24) is 9.13 Å². The van der Waals surface area contributed by atoms with E-state index >= 15 is 0 Å². The first-order chi connectivity index (χ1) is 23.8. The van der Waals surface area contributed by atoms with E-state index < -0.39 is 0 Å².